The van der Waals surface area contributed by atoms with Crippen LogP contribution in [0.5, 0.6) is 5.75 Å². The van der Waals surface area contributed by atoms with Crippen molar-refractivity contribution in [2.75, 3.05) is 6.61 Å². The normalized spacial score (nSPS) is 11.7. The number of carbonyl (C=O) groups excluding carboxylic acids is 1. The molecule has 0 N–H and O–H groups in total. The van der Waals surface area contributed by atoms with Gasteiger partial charge >= 0.3 is 5.97 Å². The number of ether oxygens (including phenoxy) is 2. The van der Waals surface area contributed by atoms with Gasteiger partial charge < -0.3 is 14.0 Å². The van der Waals surface area contributed by atoms with Crippen LogP contribution in [0, 0.1) is 12.7 Å². The highest BCUT2D eigenvalue weighted by Crippen LogP contribution is 2.37. The maximum atomic E-state index is 13.6. The summed E-state index contributed by atoms with van der Waals surface area (Å²) < 4.78 is 27.1. The van der Waals surface area contributed by atoms with Gasteiger partial charge in [-0.05, 0) is 70.0 Å². The first-order valence-corrected chi connectivity index (χ1v) is 11.5. The molecular formula is C27H34FNO3. The van der Waals surface area contributed by atoms with Gasteiger partial charge in [0.1, 0.15) is 11.6 Å². The van der Waals surface area contributed by atoms with Crippen molar-refractivity contribution in [3.8, 4) is 16.9 Å². The number of benzene rings is 2. The zero-order chi connectivity index (χ0) is 23.3. The van der Waals surface area contributed by atoms with Gasteiger partial charge in [-0.15, -0.1) is 0 Å². The van der Waals surface area contributed by atoms with Gasteiger partial charge in [-0.1, -0.05) is 38.3 Å². The third kappa shape index (κ3) is 5.14. The molecule has 4 nitrogen and oxygen atoms in total. The summed E-state index contributed by atoms with van der Waals surface area (Å²) in [5, 5.41) is 1.03. The maximum Gasteiger partial charge on any atom is 0.349 e. The molecule has 172 valence electrons. The molecule has 0 radical (unpaired) electrons. The number of hydrogen-bond acceptors (Lipinski definition) is 3. The first-order valence-electron chi connectivity index (χ1n) is 11.5. The lowest BCUT2D eigenvalue weighted by atomic mass is 10.0. The lowest BCUT2D eigenvalue weighted by Crippen LogP contribution is -2.39. The molecule has 0 spiro atoms. The zero-order valence-electron chi connectivity index (χ0n) is 19.8. The molecule has 32 heavy (non-hydrogen) atoms. The van der Waals surface area contributed by atoms with E-state index in [1.165, 1.54) is 31.4 Å². The predicted octanol–water partition coefficient (Wildman–Crippen LogP) is 7.06. The third-order valence-corrected chi connectivity index (χ3v) is 5.80. The van der Waals surface area contributed by atoms with Gasteiger partial charge in [0.2, 0.25) is 0 Å². The van der Waals surface area contributed by atoms with E-state index in [4.69, 9.17) is 9.47 Å². The van der Waals surface area contributed by atoms with Crippen molar-refractivity contribution in [2.45, 2.75) is 72.4 Å². The molecule has 3 aromatic rings. The summed E-state index contributed by atoms with van der Waals surface area (Å²) in [7, 11) is 0. The Kier molecular flexibility index (Phi) is 7.60. The van der Waals surface area contributed by atoms with Crippen LogP contribution < -0.4 is 4.74 Å². The molecule has 0 aliphatic rings. The number of aryl methyl sites for hydroxylation is 1. The molecule has 0 aliphatic carbocycles. The van der Waals surface area contributed by atoms with Gasteiger partial charge in [0.05, 0.1) is 6.61 Å². The Bertz CT molecular complexity index is 1070. The van der Waals surface area contributed by atoms with Crippen LogP contribution in [0.3, 0.4) is 0 Å². The minimum Gasteiger partial charge on any atom is -0.476 e. The van der Waals surface area contributed by atoms with Crippen LogP contribution in [-0.4, -0.2) is 22.7 Å². The van der Waals surface area contributed by atoms with Gasteiger partial charge in [-0.3, -0.25) is 0 Å². The highest BCUT2D eigenvalue weighted by atomic mass is 19.1. The van der Waals surface area contributed by atoms with Gasteiger partial charge in [0.25, 0.3) is 0 Å². The van der Waals surface area contributed by atoms with Crippen molar-refractivity contribution in [2.24, 2.45) is 0 Å². The Morgan fingerprint density at radius 3 is 2.41 bits per heavy atom. The quantitative estimate of drug-likeness (QED) is 0.251. The maximum absolute atomic E-state index is 13.6. The molecule has 1 aromatic heterocycles. The average Bonchev–Trinajstić information content (AvgIpc) is 3.02. The summed E-state index contributed by atoms with van der Waals surface area (Å²) in [5.41, 5.74) is 3.18. The number of unbranched alkanes of at least 4 members (excludes halogenated alkanes) is 3. The molecule has 5 heteroatoms. The van der Waals surface area contributed by atoms with E-state index in [0.717, 1.165) is 40.7 Å². The summed E-state index contributed by atoms with van der Waals surface area (Å²) in [6, 6.07) is 12.5. The van der Waals surface area contributed by atoms with E-state index in [-0.39, 0.29) is 5.82 Å². The third-order valence-electron chi connectivity index (χ3n) is 5.80. The highest BCUT2D eigenvalue weighted by molar-refractivity contribution is 5.99. The smallest absolute Gasteiger partial charge is 0.349 e. The van der Waals surface area contributed by atoms with Crippen LogP contribution in [0.1, 0.15) is 59.1 Å². The number of rotatable bonds is 10. The largest absolute Gasteiger partial charge is 0.476 e. The molecule has 0 fully saturated rings. The van der Waals surface area contributed by atoms with Crippen LogP contribution in [0.15, 0.2) is 42.5 Å². The molecule has 0 atom stereocenters. The molecule has 2 aromatic carbocycles. The second-order valence-corrected chi connectivity index (χ2v) is 8.69. The number of hydrogen-bond donors (Lipinski definition) is 0. The number of nitrogens with zero attached hydrogens (tertiary/aromatic N) is 1. The Morgan fingerprint density at radius 2 is 1.75 bits per heavy atom. The molecule has 0 unspecified atom stereocenters. The molecule has 3 rings (SSSR count). The minimum absolute atomic E-state index is 0.255. The summed E-state index contributed by atoms with van der Waals surface area (Å²) in [6.45, 7) is 10.8. The Hall–Kier alpha value is -2.82. The standard InChI is InChI=1S/C27H34FNO3/c1-6-8-9-10-17-29-19(3)25(20-11-13-21(28)14-12-20)23-18-22(15-16-24(23)29)32-27(4,5)26(30)31-7-2/h11-16,18H,6-10,17H2,1-5H3. The van der Waals surface area contributed by atoms with E-state index in [2.05, 4.69) is 18.4 Å². The van der Waals surface area contributed by atoms with Gasteiger partial charge in [0, 0.05) is 28.7 Å². The summed E-state index contributed by atoms with van der Waals surface area (Å²) in [5.74, 6) is -0.0551. The van der Waals surface area contributed by atoms with Crippen molar-refractivity contribution in [3.05, 3.63) is 54.0 Å². The van der Waals surface area contributed by atoms with Crippen molar-refractivity contribution in [1.29, 1.82) is 0 Å². The molecule has 0 saturated carbocycles. The Labute approximate surface area is 190 Å². The zero-order valence-corrected chi connectivity index (χ0v) is 19.8. The van der Waals surface area contributed by atoms with Crippen LogP contribution in [0.25, 0.3) is 22.0 Å². The lowest BCUT2D eigenvalue weighted by molar-refractivity contribution is -0.158. The number of halogens is 1. The summed E-state index contributed by atoms with van der Waals surface area (Å²) in [4.78, 5) is 12.3. The fraction of sp³-hybridized carbons (Fsp3) is 0.444. The Morgan fingerprint density at radius 1 is 1.03 bits per heavy atom. The molecule has 0 bridgehead atoms. The van der Waals surface area contributed by atoms with Crippen LogP contribution >= 0.6 is 0 Å². The summed E-state index contributed by atoms with van der Waals surface area (Å²) >= 11 is 0. The van der Waals surface area contributed by atoms with E-state index in [9.17, 15) is 9.18 Å². The predicted molar refractivity (Wildman–Crippen MR) is 128 cm³/mol. The molecule has 1 heterocycles. The van der Waals surface area contributed by atoms with Gasteiger partial charge in [0.15, 0.2) is 5.60 Å². The number of fused-ring (bicyclic) bond motifs is 1. The topological polar surface area (TPSA) is 40.5 Å². The van der Waals surface area contributed by atoms with E-state index in [1.54, 1.807) is 20.8 Å². The van der Waals surface area contributed by atoms with Gasteiger partial charge in [-0.25, -0.2) is 9.18 Å². The van der Waals surface area contributed by atoms with Crippen LogP contribution in [0.4, 0.5) is 4.39 Å². The first kappa shape index (κ1) is 23.8. The number of carbonyl (C=O) groups is 1. The molecule has 0 amide bonds. The number of esters is 1. The monoisotopic (exact) mass is 439 g/mol. The second-order valence-electron chi connectivity index (χ2n) is 8.69. The van der Waals surface area contributed by atoms with Crippen molar-refractivity contribution in [1.82, 2.24) is 4.57 Å². The van der Waals surface area contributed by atoms with Crippen molar-refractivity contribution in [3.63, 3.8) is 0 Å². The van der Waals surface area contributed by atoms with E-state index < -0.39 is 11.6 Å². The lowest BCUT2D eigenvalue weighted by Gasteiger charge is -2.24. The fourth-order valence-corrected chi connectivity index (χ4v) is 4.13. The van der Waals surface area contributed by atoms with Crippen molar-refractivity contribution < 1.29 is 18.7 Å². The van der Waals surface area contributed by atoms with Crippen LogP contribution in [0.2, 0.25) is 0 Å². The molecule has 0 aliphatic heterocycles. The molecular weight excluding hydrogens is 405 g/mol. The van der Waals surface area contributed by atoms with Gasteiger partial charge in [-0.2, -0.15) is 0 Å². The average molecular weight is 440 g/mol. The van der Waals surface area contributed by atoms with E-state index >= 15 is 0 Å². The SMILES string of the molecule is CCCCCCn1c(C)c(-c2ccc(F)cc2)c2cc(OC(C)(C)C(=O)OCC)ccc21. The second kappa shape index (κ2) is 10.2. The highest BCUT2D eigenvalue weighted by Gasteiger charge is 2.32. The summed E-state index contributed by atoms with van der Waals surface area (Å²) in [6.07, 6.45) is 4.72. The molecule has 0 saturated heterocycles. The van der Waals surface area contributed by atoms with E-state index in [0.29, 0.717) is 12.4 Å². The first-order chi connectivity index (χ1) is 15.3. The van der Waals surface area contributed by atoms with Crippen LogP contribution in [-0.2, 0) is 16.1 Å². The Balaban J connectivity index is 2.05. The fourth-order valence-electron chi connectivity index (χ4n) is 4.13. The number of aromatic nitrogens is 1. The van der Waals surface area contributed by atoms with Crippen molar-refractivity contribution >= 4 is 16.9 Å². The van der Waals surface area contributed by atoms with E-state index in [1.807, 2.05) is 30.3 Å². The minimum atomic E-state index is -1.10.